The first-order valence-corrected chi connectivity index (χ1v) is 9.64. The molecule has 0 aliphatic rings. The van der Waals surface area contributed by atoms with Crippen molar-refractivity contribution in [3.8, 4) is 0 Å². The number of carbonyl (C=O) groups is 2. The van der Waals surface area contributed by atoms with Gasteiger partial charge < -0.3 is 10.1 Å². The summed E-state index contributed by atoms with van der Waals surface area (Å²) >= 11 is 0. The average molecular weight is 391 g/mol. The number of benzene rings is 2. The fraction of sp³-hybridized carbons (Fsp3) is 0.222. The van der Waals surface area contributed by atoms with Crippen LogP contribution >= 0.6 is 0 Å². The summed E-state index contributed by atoms with van der Waals surface area (Å²) in [5.74, 6) is -0.445. The van der Waals surface area contributed by atoms with Gasteiger partial charge in [-0.05, 0) is 56.8 Å². The molecule has 0 radical (unpaired) electrons. The number of carbonyl (C=O) groups excluding carboxylic acids is 2. The summed E-state index contributed by atoms with van der Waals surface area (Å²) in [6.07, 6.45) is -0.615. The molecule has 0 saturated carbocycles. The minimum Gasteiger partial charge on any atom is -0.450 e. The number of aryl methyl sites for hydroxylation is 1. The Labute approximate surface area is 158 Å². The van der Waals surface area contributed by atoms with Crippen molar-refractivity contribution in [1.82, 2.24) is 4.72 Å². The van der Waals surface area contributed by atoms with Crippen molar-refractivity contribution in [1.29, 1.82) is 0 Å². The molecular formula is C18H21N3O5S. The number of sulfonamides is 1. The van der Waals surface area contributed by atoms with E-state index in [1.54, 1.807) is 44.2 Å². The molecule has 0 spiro atoms. The molecule has 0 aromatic heterocycles. The second-order valence-corrected chi connectivity index (χ2v) is 7.42. The van der Waals surface area contributed by atoms with Crippen LogP contribution in [-0.4, -0.2) is 34.1 Å². The normalized spacial score (nSPS) is 10.9. The van der Waals surface area contributed by atoms with E-state index >= 15 is 0 Å². The van der Waals surface area contributed by atoms with Gasteiger partial charge in [0.1, 0.15) is 0 Å². The Morgan fingerprint density at radius 1 is 1.04 bits per heavy atom. The summed E-state index contributed by atoms with van der Waals surface area (Å²) in [6.45, 7) is 3.59. The summed E-state index contributed by atoms with van der Waals surface area (Å²) in [4.78, 5) is 24.0. The number of hydrogen-bond donors (Lipinski definition) is 3. The molecule has 2 aromatic carbocycles. The second kappa shape index (κ2) is 8.65. The molecule has 3 N–H and O–H groups in total. The molecule has 9 heteroatoms. The lowest BCUT2D eigenvalue weighted by Crippen LogP contribution is -2.20. The molecule has 0 aliphatic heterocycles. The predicted octanol–water partition coefficient (Wildman–Crippen LogP) is 2.72. The van der Waals surface area contributed by atoms with E-state index in [2.05, 4.69) is 15.4 Å². The van der Waals surface area contributed by atoms with E-state index in [9.17, 15) is 18.0 Å². The molecular weight excluding hydrogens is 370 g/mol. The smallest absolute Gasteiger partial charge is 0.411 e. The van der Waals surface area contributed by atoms with Crippen molar-refractivity contribution in [3.63, 3.8) is 0 Å². The van der Waals surface area contributed by atoms with Gasteiger partial charge in [0.25, 0.3) is 5.91 Å². The summed E-state index contributed by atoms with van der Waals surface area (Å²) in [6, 6.07) is 10.9. The maximum Gasteiger partial charge on any atom is 0.411 e. The van der Waals surface area contributed by atoms with E-state index in [1.165, 1.54) is 19.2 Å². The zero-order chi connectivity index (χ0) is 20.0. The molecule has 8 nitrogen and oxygen atoms in total. The number of nitrogens with one attached hydrogen (secondary N) is 3. The first-order valence-electron chi connectivity index (χ1n) is 8.16. The molecule has 0 bridgehead atoms. The maximum atomic E-state index is 12.5. The lowest BCUT2D eigenvalue weighted by molar-refractivity contribution is 0.102. The highest BCUT2D eigenvalue weighted by molar-refractivity contribution is 7.89. The monoisotopic (exact) mass is 391 g/mol. The van der Waals surface area contributed by atoms with Gasteiger partial charge >= 0.3 is 6.09 Å². The quantitative estimate of drug-likeness (QED) is 0.701. The molecule has 144 valence electrons. The van der Waals surface area contributed by atoms with Gasteiger partial charge in [-0.1, -0.05) is 12.1 Å². The Balaban J connectivity index is 2.21. The summed E-state index contributed by atoms with van der Waals surface area (Å²) in [5.41, 5.74) is 1.59. The predicted molar refractivity (Wildman–Crippen MR) is 102 cm³/mol. The first-order chi connectivity index (χ1) is 12.8. The van der Waals surface area contributed by atoms with E-state index in [1.807, 2.05) is 0 Å². The Bertz CT molecular complexity index is 957. The van der Waals surface area contributed by atoms with Crippen LogP contribution in [0.4, 0.5) is 16.2 Å². The molecule has 0 saturated heterocycles. The van der Waals surface area contributed by atoms with Crippen LogP contribution in [-0.2, 0) is 14.8 Å². The van der Waals surface area contributed by atoms with E-state index in [0.717, 1.165) is 0 Å². The van der Waals surface area contributed by atoms with Gasteiger partial charge in [0.15, 0.2) is 0 Å². The lowest BCUT2D eigenvalue weighted by Gasteiger charge is -2.11. The van der Waals surface area contributed by atoms with E-state index < -0.39 is 22.0 Å². The van der Waals surface area contributed by atoms with Crippen molar-refractivity contribution in [3.05, 3.63) is 53.6 Å². The standard InChI is InChI=1S/C18H21N3O5S/c1-4-26-18(23)21-14-7-5-6-13(10-14)17(22)20-15-9-8-12(2)16(11-15)27(24,25)19-3/h5-11,19H,4H2,1-3H3,(H,20,22)(H,21,23). The zero-order valence-corrected chi connectivity index (χ0v) is 16.0. The van der Waals surface area contributed by atoms with E-state index in [-0.39, 0.29) is 11.5 Å². The third-order valence-corrected chi connectivity index (χ3v) is 5.21. The first kappa shape index (κ1) is 20.4. The van der Waals surface area contributed by atoms with Gasteiger partial charge in [0, 0.05) is 16.9 Å². The van der Waals surface area contributed by atoms with Crippen LogP contribution in [0.15, 0.2) is 47.4 Å². The van der Waals surface area contributed by atoms with Gasteiger partial charge in [0.05, 0.1) is 11.5 Å². The molecule has 2 aromatic rings. The average Bonchev–Trinajstić information content (AvgIpc) is 2.63. The lowest BCUT2D eigenvalue weighted by atomic mass is 10.1. The summed E-state index contributed by atoms with van der Waals surface area (Å²) in [7, 11) is -2.32. The molecule has 0 atom stereocenters. The third kappa shape index (κ3) is 5.28. The van der Waals surface area contributed by atoms with Crippen molar-refractivity contribution in [2.45, 2.75) is 18.7 Å². The highest BCUT2D eigenvalue weighted by Gasteiger charge is 2.16. The van der Waals surface area contributed by atoms with E-state index in [0.29, 0.717) is 22.5 Å². The minimum atomic E-state index is -3.64. The maximum absolute atomic E-state index is 12.5. The fourth-order valence-electron chi connectivity index (χ4n) is 2.30. The van der Waals surface area contributed by atoms with Crippen molar-refractivity contribution in [2.75, 3.05) is 24.3 Å². The molecule has 0 unspecified atom stereocenters. The number of rotatable bonds is 6. The Kier molecular flexibility index (Phi) is 6.54. The topological polar surface area (TPSA) is 114 Å². The number of hydrogen-bond acceptors (Lipinski definition) is 5. The van der Waals surface area contributed by atoms with Gasteiger partial charge in [-0.3, -0.25) is 10.1 Å². The Morgan fingerprint density at radius 3 is 2.41 bits per heavy atom. The van der Waals surface area contributed by atoms with Gasteiger partial charge in [-0.25, -0.2) is 17.9 Å². The number of anilines is 2. The van der Waals surface area contributed by atoms with Crippen LogP contribution in [0.3, 0.4) is 0 Å². The highest BCUT2D eigenvalue weighted by Crippen LogP contribution is 2.21. The number of ether oxygens (including phenoxy) is 1. The zero-order valence-electron chi connectivity index (χ0n) is 15.2. The van der Waals surface area contributed by atoms with Crippen LogP contribution in [0, 0.1) is 6.92 Å². The third-order valence-electron chi connectivity index (χ3n) is 3.65. The SMILES string of the molecule is CCOC(=O)Nc1cccc(C(=O)Nc2ccc(C)c(S(=O)(=O)NC)c2)c1. The molecule has 27 heavy (non-hydrogen) atoms. The molecule has 2 rings (SSSR count). The van der Waals surface area contributed by atoms with Crippen LogP contribution in [0.25, 0.3) is 0 Å². The van der Waals surface area contributed by atoms with E-state index in [4.69, 9.17) is 4.74 Å². The van der Waals surface area contributed by atoms with Crippen LogP contribution in [0.2, 0.25) is 0 Å². The fourth-order valence-corrected chi connectivity index (χ4v) is 3.30. The Morgan fingerprint density at radius 2 is 1.74 bits per heavy atom. The van der Waals surface area contributed by atoms with Gasteiger partial charge in [0.2, 0.25) is 10.0 Å². The largest absolute Gasteiger partial charge is 0.450 e. The van der Waals surface area contributed by atoms with Crippen molar-refractivity contribution in [2.24, 2.45) is 0 Å². The highest BCUT2D eigenvalue weighted by atomic mass is 32.2. The summed E-state index contributed by atoms with van der Waals surface area (Å²) in [5, 5.41) is 5.17. The van der Waals surface area contributed by atoms with Gasteiger partial charge in [-0.15, -0.1) is 0 Å². The van der Waals surface area contributed by atoms with Gasteiger partial charge in [-0.2, -0.15) is 0 Å². The van der Waals surface area contributed by atoms with Crippen LogP contribution < -0.4 is 15.4 Å². The minimum absolute atomic E-state index is 0.0838. The molecule has 0 aliphatic carbocycles. The Hall–Kier alpha value is -2.91. The molecule has 2 amide bonds. The van der Waals surface area contributed by atoms with Crippen molar-refractivity contribution >= 4 is 33.4 Å². The number of amides is 2. The van der Waals surface area contributed by atoms with Crippen LogP contribution in [0.5, 0.6) is 0 Å². The second-order valence-electron chi connectivity index (χ2n) is 5.57. The summed E-state index contributed by atoms with van der Waals surface area (Å²) < 4.78 is 31.2. The molecule has 0 fully saturated rings. The van der Waals surface area contributed by atoms with Crippen molar-refractivity contribution < 1.29 is 22.7 Å². The van der Waals surface area contributed by atoms with Crippen LogP contribution in [0.1, 0.15) is 22.8 Å². The molecule has 0 heterocycles.